The summed E-state index contributed by atoms with van der Waals surface area (Å²) in [6, 6.07) is 4.54. The molecule has 2 rings (SSSR count). The Kier molecular flexibility index (Phi) is 4.13. The highest BCUT2D eigenvalue weighted by atomic mass is 32.2. The summed E-state index contributed by atoms with van der Waals surface area (Å²) >= 11 is 0. The maximum Gasteiger partial charge on any atom is 0.254 e. The molecule has 1 amide bonds. The number of amides is 1. The molecule has 116 valence electrons. The van der Waals surface area contributed by atoms with Crippen LogP contribution in [0.15, 0.2) is 23.1 Å². The van der Waals surface area contributed by atoms with Crippen LogP contribution in [0.1, 0.15) is 43.1 Å². The van der Waals surface area contributed by atoms with Crippen LogP contribution >= 0.6 is 0 Å². The van der Waals surface area contributed by atoms with E-state index < -0.39 is 10.0 Å². The molecule has 1 aromatic carbocycles. The number of sulfonamides is 1. The first-order valence-corrected chi connectivity index (χ1v) is 8.64. The average molecular weight is 310 g/mol. The highest BCUT2D eigenvalue weighted by molar-refractivity contribution is 7.89. The van der Waals surface area contributed by atoms with E-state index in [1.54, 1.807) is 11.0 Å². The molecule has 5 nitrogen and oxygen atoms in total. The zero-order valence-electron chi connectivity index (χ0n) is 12.7. The largest absolute Gasteiger partial charge is 0.338 e. The molecule has 1 aliphatic heterocycles. The van der Waals surface area contributed by atoms with Gasteiger partial charge >= 0.3 is 0 Å². The Labute approximate surface area is 126 Å². The standard InChI is InChI=1S/C15H22N2O3S/c1-4-11-5-6-12(21(16,19)20)9-13(11)14(18)17-8-7-15(2,3)10-17/h5-6,9H,4,7-8,10H2,1-3H3,(H2,16,19,20). The number of aryl methyl sites for hydroxylation is 1. The van der Waals surface area contributed by atoms with Gasteiger partial charge in [0.1, 0.15) is 0 Å². The van der Waals surface area contributed by atoms with E-state index in [-0.39, 0.29) is 16.2 Å². The van der Waals surface area contributed by atoms with Gasteiger partial charge in [-0.05, 0) is 36.0 Å². The summed E-state index contributed by atoms with van der Waals surface area (Å²) < 4.78 is 23.0. The van der Waals surface area contributed by atoms with Gasteiger partial charge in [0.25, 0.3) is 5.91 Å². The van der Waals surface area contributed by atoms with Gasteiger partial charge in [0.2, 0.25) is 10.0 Å². The van der Waals surface area contributed by atoms with Gasteiger partial charge in [-0.25, -0.2) is 13.6 Å². The lowest BCUT2D eigenvalue weighted by Crippen LogP contribution is -2.31. The second kappa shape index (κ2) is 5.42. The van der Waals surface area contributed by atoms with Gasteiger partial charge in [0.05, 0.1) is 4.90 Å². The van der Waals surface area contributed by atoms with Crippen LogP contribution in [-0.2, 0) is 16.4 Å². The monoisotopic (exact) mass is 310 g/mol. The van der Waals surface area contributed by atoms with Crippen molar-refractivity contribution >= 4 is 15.9 Å². The molecule has 21 heavy (non-hydrogen) atoms. The van der Waals surface area contributed by atoms with Crippen molar-refractivity contribution in [2.45, 2.75) is 38.5 Å². The Morgan fingerprint density at radius 2 is 2.05 bits per heavy atom. The van der Waals surface area contributed by atoms with Crippen LogP contribution in [0.25, 0.3) is 0 Å². The Hall–Kier alpha value is -1.40. The summed E-state index contributed by atoms with van der Waals surface area (Å²) in [6.07, 6.45) is 1.62. The second-order valence-corrected chi connectivity index (χ2v) is 7.92. The van der Waals surface area contributed by atoms with Crippen LogP contribution in [0.4, 0.5) is 0 Å². The first-order chi connectivity index (χ1) is 9.64. The predicted octanol–water partition coefficient (Wildman–Crippen LogP) is 1.77. The van der Waals surface area contributed by atoms with Crippen LogP contribution in [0.3, 0.4) is 0 Å². The van der Waals surface area contributed by atoms with E-state index in [9.17, 15) is 13.2 Å². The van der Waals surface area contributed by atoms with Crippen molar-refractivity contribution in [2.24, 2.45) is 10.6 Å². The van der Waals surface area contributed by atoms with Crippen LogP contribution < -0.4 is 5.14 Å². The van der Waals surface area contributed by atoms with Gasteiger partial charge in [-0.1, -0.05) is 26.8 Å². The molecular formula is C15H22N2O3S. The predicted molar refractivity (Wildman–Crippen MR) is 81.5 cm³/mol. The first-order valence-electron chi connectivity index (χ1n) is 7.09. The molecule has 1 aliphatic rings. The number of benzene rings is 1. The number of likely N-dealkylation sites (tertiary alicyclic amines) is 1. The molecule has 0 aliphatic carbocycles. The molecule has 6 heteroatoms. The van der Waals surface area contributed by atoms with Gasteiger partial charge in [-0.15, -0.1) is 0 Å². The lowest BCUT2D eigenvalue weighted by atomic mass is 9.93. The van der Waals surface area contributed by atoms with Crippen molar-refractivity contribution in [3.8, 4) is 0 Å². The van der Waals surface area contributed by atoms with Crippen LogP contribution in [0.2, 0.25) is 0 Å². The van der Waals surface area contributed by atoms with Crippen molar-refractivity contribution in [3.05, 3.63) is 29.3 Å². The molecule has 0 bridgehead atoms. The van der Waals surface area contributed by atoms with E-state index in [0.717, 1.165) is 12.0 Å². The number of nitrogens with zero attached hydrogens (tertiary/aromatic N) is 1. The van der Waals surface area contributed by atoms with Gasteiger partial charge in [-0.2, -0.15) is 0 Å². The summed E-state index contributed by atoms with van der Waals surface area (Å²) in [4.78, 5) is 14.5. The second-order valence-electron chi connectivity index (χ2n) is 6.36. The quantitative estimate of drug-likeness (QED) is 0.924. The minimum absolute atomic E-state index is 0.0125. The third-order valence-corrected chi connectivity index (χ3v) is 4.90. The Balaban J connectivity index is 2.40. The lowest BCUT2D eigenvalue weighted by molar-refractivity contribution is 0.0777. The number of hydrogen-bond acceptors (Lipinski definition) is 3. The maximum atomic E-state index is 12.7. The van der Waals surface area contributed by atoms with E-state index in [0.29, 0.717) is 25.1 Å². The minimum atomic E-state index is -3.80. The first kappa shape index (κ1) is 16.0. The highest BCUT2D eigenvalue weighted by Crippen LogP contribution is 2.30. The van der Waals surface area contributed by atoms with Crippen molar-refractivity contribution < 1.29 is 13.2 Å². The van der Waals surface area contributed by atoms with Crippen molar-refractivity contribution in [2.75, 3.05) is 13.1 Å². The fourth-order valence-electron chi connectivity index (χ4n) is 2.70. The molecular weight excluding hydrogens is 288 g/mol. The third kappa shape index (κ3) is 3.44. The number of carbonyl (C=O) groups is 1. The van der Waals surface area contributed by atoms with E-state index in [4.69, 9.17) is 5.14 Å². The number of carbonyl (C=O) groups excluding carboxylic acids is 1. The smallest absolute Gasteiger partial charge is 0.254 e. The normalized spacial score (nSPS) is 18.0. The fourth-order valence-corrected chi connectivity index (χ4v) is 3.24. The molecule has 1 fully saturated rings. The molecule has 1 heterocycles. The van der Waals surface area contributed by atoms with Crippen molar-refractivity contribution in [1.29, 1.82) is 0 Å². The number of nitrogens with two attached hydrogens (primary N) is 1. The van der Waals surface area contributed by atoms with E-state index in [1.165, 1.54) is 12.1 Å². The maximum absolute atomic E-state index is 12.7. The van der Waals surface area contributed by atoms with Crippen molar-refractivity contribution in [1.82, 2.24) is 4.90 Å². The lowest BCUT2D eigenvalue weighted by Gasteiger charge is -2.21. The van der Waals surface area contributed by atoms with E-state index in [1.807, 2.05) is 6.92 Å². The Bertz CT molecular complexity index is 665. The average Bonchev–Trinajstić information content (AvgIpc) is 2.76. The Morgan fingerprint density at radius 1 is 1.38 bits per heavy atom. The summed E-state index contributed by atoms with van der Waals surface area (Å²) in [6.45, 7) is 7.59. The molecule has 0 radical (unpaired) electrons. The fraction of sp³-hybridized carbons (Fsp3) is 0.533. The molecule has 1 aromatic rings. The number of hydrogen-bond donors (Lipinski definition) is 1. The summed E-state index contributed by atoms with van der Waals surface area (Å²) in [5, 5.41) is 5.16. The van der Waals surface area contributed by atoms with Crippen molar-refractivity contribution in [3.63, 3.8) is 0 Å². The van der Waals surface area contributed by atoms with Gasteiger partial charge < -0.3 is 4.90 Å². The third-order valence-electron chi connectivity index (χ3n) is 3.99. The van der Waals surface area contributed by atoms with E-state index >= 15 is 0 Å². The molecule has 0 saturated carbocycles. The van der Waals surface area contributed by atoms with Gasteiger partial charge in [0.15, 0.2) is 0 Å². The van der Waals surface area contributed by atoms with Crippen LogP contribution in [0, 0.1) is 5.41 Å². The highest BCUT2D eigenvalue weighted by Gasteiger charge is 2.33. The Morgan fingerprint density at radius 3 is 2.52 bits per heavy atom. The molecule has 1 saturated heterocycles. The SMILES string of the molecule is CCc1ccc(S(N)(=O)=O)cc1C(=O)N1CCC(C)(C)C1. The molecule has 2 N–H and O–H groups in total. The topological polar surface area (TPSA) is 80.5 Å². The summed E-state index contributed by atoms with van der Waals surface area (Å²) in [7, 11) is -3.80. The minimum Gasteiger partial charge on any atom is -0.338 e. The zero-order chi connectivity index (χ0) is 15.8. The van der Waals surface area contributed by atoms with Gasteiger partial charge in [-0.3, -0.25) is 4.79 Å². The van der Waals surface area contributed by atoms with E-state index in [2.05, 4.69) is 13.8 Å². The number of rotatable bonds is 3. The summed E-state index contributed by atoms with van der Waals surface area (Å²) in [5.74, 6) is -0.108. The summed E-state index contributed by atoms with van der Waals surface area (Å²) in [5.41, 5.74) is 1.40. The van der Waals surface area contributed by atoms with Crippen LogP contribution in [0.5, 0.6) is 0 Å². The number of primary sulfonamides is 1. The zero-order valence-corrected chi connectivity index (χ0v) is 13.5. The van der Waals surface area contributed by atoms with Crippen LogP contribution in [-0.4, -0.2) is 32.3 Å². The molecule has 0 atom stereocenters. The molecule has 0 spiro atoms. The van der Waals surface area contributed by atoms with Gasteiger partial charge in [0, 0.05) is 18.7 Å². The molecule has 0 aromatic heterocycles. The molecule has 0 unspecified atom stereocenters.